The van der Waals surface area contributed by atoms with Crippen LogP contribution in [0, 0.1) is 11.6 Å². The minimum absolute atomic E-state index is 0.0365. The first-order valence-electron chi connectivity index (χ1n) is 6.43. The van der Waals surface area contributed by atoms with Crippen LogP contribution in [0.25, 0.3) is 0 Å². The van der Waals surface area contributed by atoms with Gasteiger partial charge in [-0.05, 0) is 23.8 Å². The lowest BCUT2D eigenvalue weighted by Crippen LogP contribution is -2.20. The van der Waals surface area contributed by atoms with Gasteiger partial charge in [-0.1, -0.05) is 34.1 Å². The number of anilines is 1. The lowest BCUT2D eigenvalue weighted by atomic mass is 10.1. The zero-order valence-electron chi connectivity index (χ0n) is 11.9. The molecule has 2 nitrogen and oxygen atoms in total. The van der Waals surface area contributed by atoms with Crippen molar-refractivity contribution in [1.29, 1.82) is 0 Å². The number of alkyl halides is 1. The monoisotopic (exact) mass is 355 g/mol. The highest BCUT2D eigenvalue weighted by atomic mass is 79.9. The van der Waals surface area contributed by atoms with Crippen molar-refractivity contribution in [1.82, 2.24) is 0 Å². The maximum absolute atomic E-state index is 14.1. The number of methoxy groups -OCH3 is 1. The standard InChI is InChI=1S/C16H16BrF2NO/c1-20(10-12-5-3-4-6-15(12)21-2)16-13(18)7-11(9-17)8-14(16)19/h3-8H,9-10H2,1-2H3. The Kier molecular flexibility index (Phi) is 5.17. The van der Waals surface area contributed by atoms with Gasteiger partial charge in [-0.3, -0.25) is 0 Å². The molecule has 0 atom stereocenters. The Morgan fingerprint density at radius 2 is 1.76 bits per heavy atom. The van der Waals surface area contributed by atoms with Crippen LogP contribution in [-0.4, -0.2) is 14.2 Å². The number of benzene rings is 2. The Morgan fingerprint density at radius 1 is 1.14 bits per heavy atom. The fourth-order valence-corrected chi connectivity index (χ4v) is 2.55. The van der Waals surface area contributed by atoms with Crippen molar-refractivity contribution in [2.24, 2.45) is 0 Å². The van der Waals surface area contributed by atoms with Gasteiger partial charge in [0, 0.05) is 24.5 Å². The van der Waals surface area contributed by atoms with Gasteiger partial charge in [-0.2, -0.15) is 0 Å². The molecular formula is C16H16BrF2NO. The second-order valence-corrected chi connectivity index (χ2v) is 5.27. The van der Waals surface area contributed by atoms with Crippen molar-refractivity contribution in [3.8, 4) is 5.75 Å². The molecule has 0 aliphatic heterocycles. The van der Waals surface area contributed by atoms with E-state index in [2.05, 4.69) is 15.9 Å². The van der Waals surface area contributed by atoms with Gasteiger partial charge >= 0.3 is 0 Å². The summed E-state index contributed by atoms with van der Waals surface area (Å²) in [6, 6.07) is 10.1. The smallest absolute Gasteiger partial charge is 0.149 e. The van der Waals surface area contributed by atoms with E-state index in [1.807, 2.05) is 24.3 Å². The molecule has 2 rings (SSSR count). The average Bonchev–Trinajstić information content (AvgIpc) is 2.46. The lowest BCUT2D eigenvalue weighted by Gasteiger charge is -2.22. The zero-order valence-corrected chi connectivity index (χ0v) is 13.5. The van der Waals surface area contributed by atoms with Gasteiger partial charge in [0.25, 0.3) is 0 Å². The summed E-state index contributed by atoms with van der Waals surface area (Å²) in [6.07, 6.45) is 0. The van der Waals surface area contributed by atoms with E-state index in [1.54, 1.807) is 19.1 Å². The van der Waals surface area contributed by atoms with Crippen molar-refractivity contribution in [2.45, 2.75) is 11.9 Å². The van der Waals surface area contributed by atoms with Gasteiger partial charge in [0.05, 0.1) is 7.11 Å². The van der Waals surface area contributed by atoms with Crippen molar-refractivity contribution in [3.63, 3.8) is 0 Å². The third-order valence-corrected chi connectivity index (χ3v) is 3.86. The van der Waals surface area contributed by atoms with Crippen LogP contribution in [0.4, 0.5) is 14.5 Å². The van der Waals surface area contributed by atoms with E-state index in [0.717, 1.165) is 5.56 Å². The van der Waals surface area contributed by atoms with Crippen LogP contribution in [0.2, 0.25) is 0 Å². The van der Waals surface area contributed by atoms with Crippen LogP contribution in [0.15, 0.2) is 36.4 Å². The number of hydrogen-bond acceptors (Lipinski definition) is 2. The molecule has 0 spiro atoms. The lowest BCUT2D eigenvalue weighted by molar-refractivity contribution is 0.409. The highest BCUT2D eigenvalue weighted by Gasteiger charge is 2.16. The van der Waals surface area contributed by atoms with Crippen LogP contribution in [0.3, 0.4) is 0 Å². The number of nitrogens with zero attached hydrogens (tertiary/aromatic N) is 1. The summed E-state index contributed by atoms with van der Waals surface area (Å²) in [4.78, 5) is 1.54. The Balaban J connectivity index is 2.30. The van der Waals surface area contributed by atoms with E-state index in [4.69, 9.17) is 4.74 Å². The summed E-state index contributed by atoms with van der Waals surface area (Å²) in [5.41, 5.74) is 1.40. The number of para-hydroxylation sites is 1. The number of ether oxygens (including phenoxy) is 1. The highest BCUT2D eigenvalue weighted by Crippen LogP contribution is 2.28. The largest absolute Gasteiger partial charge is 0.496 e. The van der Waals surface area contributed by atoms with Crippen molar-refractivity contribution < 1.29 is 13.5 Å². The average molecular weight is 356 g/mol. The second-order valence-electron chi connectivity index (χ2n) is 4.71. The molecule has 0 saturated heterocycles. The summed E-state index contributed by atoms with van der Waals surface area (Å²) in [7, 11) is 3.23. The third-order valence-electron chi connectivity index (χ3n) is 3.21. The van der Waals surface area contributed by atoms with E-state index in [9.17, 15) is 8.78 Å². The van der Waals surface area contributed by atoms with E-state index >= 15 is 0 Å². The Labute approximate surface area is 131 Å². The molecular weight excluding hydrogens is 340 g/mol. The number of rotatable bonds is 5. The summed E-state index contributed by atoms with van der Waals surface area (Å²) in [6.45, 7) is 0.353. The molecule has 0 fully saturated rings. The summed E-state index contributed by atoms with van der Waals surface area (Å²) >= 11 is 3.20. The molecule has 112 valence electrons. The van der Waals surface area contributed by atoms with Gasteiger partial charge < -0.3 is 9.64 Å². The molecule has 0 unspecified atom stereocenters. The van der Waals surface area contributed by atoms with E-state index in [1.165, 1.54) is 12.1 Å². The fraction of sp³-hybridized carbons (Fsp3) is 0.250. The van der Waals surface area contributed by atoms with Crippen molar-refractivity contribution in [2.75, 3.05) is 19.1 Å². The third kappa shape index (κ3) is 3.53. The highest BCUT2D eigenvalue weighted by molar-refractivity contribution is 9.08. The van der Waals surface area contributed by atoms with E-state index in [-0.39, 0.29) is 5.69 Å². The van der Waals surface area contributed by atoms with Gasteiger partial charge in [0.15, 0.2) is 0 Å². The molecule has 0 aliphatic rings. The normalized spacial score (nSPS) is 10.5. The first kappa shape index (κ1) is 15.8. The first-order chi connectivity index (χ1) is 10.1. The SMILES string of the molecule is COc1ccccc1CN(C)c1c(F)cc(CBr)cc1F. The van der Waals surface area contributed by atoms with Gasteiger partial charge in [-0.15, -0.1) is 0 Å². The van der Waals surface area contributed by atoms with Crippen LogP contribution in [0.5, 0.6) is 5.75 Å². The number of hydrogen-bond donors (Lipinski definition) is 0. The summed E-state index contributed by atoms with van der Waals surface area (Å²) in [5.74, 6) is -0.439. The summed E-state index contributed by atoms with van der Waals surface area (Å²) < 4.78 is 33.5. The quantitative estimate of drug-likeness (QED) is 0.732. The molecule has 5 heteroatoms. The molecule has 0 bridgehead atoms. The Hall–Kier alpha value is -1.62. The summed E-state index contributed by atoms with van der Waals surface area (Å²) in [5, 5.41) is 0.414. The van der Waals surface area contributed by atoms with Crippen LogP contribution in [0.1, 0.15) is 11.1 Å². The molecule has 2 aromatic rings. The molecule has 0 aliphatic carbocycles. The zero-order chi connectivity index (χ0) is 15.4. The minimum Gasteiger partial charge on any atom is -0.496 e. The van der Waals surface area contributed by atoms with Crippen LogP contribution in [-0.2, 0) is 11.9 Å². The van der Waals surface area contributed by atoms with Gasteiger partial charge in [-0.25, -0.2) is 8.78 Å². The molecule has 0 heterocycles. The minimum atomic E-state index is -0.568. The Morgan fingerprint density at radius 3 is 2.33 bits per heavy atom. The molecule has 0 aromatic heterocycles. The van der Waals surface area contributed by atoms with Gasteiger partial charge in [0.1, 0.15) is 23.1 Å². The van der Waals surface area contributed by atoms with Crippen molar-refractivity contribution >= 4 is 21.6 Å². The topological polar surface area (TPSA) is 12.5 Å². The molecule has 0 amide bonds. The molecule has 2 aromatic carbocycles. The van der Waals surface area contributed by atoms with E-state index < -0.39 is 11.6 Å². The predicted octanol–water partition coefficient (Wildman–Crippen LogP) is 4.50. The number of halogens is 3. The van der Waals surface area contributed by atoms with E-state index in [0.29, 0.717) is 23.2 Å². The van der Waals surface area contributed by atoms with Crippen LogP contribution >= 0.6 is 15.9 Å². The van der Waals surface area contributed by atoms with Crippen LogP contribution < -0.4 is 9.64 Å². The first-order valence-corrected chi connectivity index (χ1v) is 7.56. The molecule has 0 saturated carbocycles. The van der Waals surface area contributed by atoms with Crippen molar-refractivity contribution in [3.05, 3.63) is 59.2 Å². The maximum atomic E-state index is 14.1. The maximum Gasteiger partial charge on any atom is 0.149 e. The molecule has 0 N–H and O–H groups in total. The Bertz CT molecular complexity index is 610. The fourth-order valence-electron chi connectivity index (χ4n) is 2.23. The molecule has 21 heavy (non-hydrogen) atoms. The second kappa shape index (κ2) is 6.89. The van der Waals surface area contributed by atoms with Gasteiger partial charge in [0.2, 0.25) is 0 Å². The molecule has 0 radical (unpaired) electrons. The predicted molar refractivity (Wildman–Crippen MR) is 84.1 cm³/mol.